The number of aromatic nitrogens is 3. The normalized spacial score (nSPS) is 29.9. The Morgan fingerprint density at radius 1 is 1.25 bits per heavy atom. The number of allylic oxidation sites excluding steroid dienone is 1. The Kier molecular flexibility index (Phi) is 4.43. The fraction of sp³-hybridized carbons (Fsp3) is 0.688. The number of alkyl halides is 5. The van der Waals surface area contributed by atoms with Crippen LogP contribution >= 0.6 is 0 Å². The second kappa shape index (κ2) is 7.37. The SMILES string of the molecule is [2H]C1([2H])CCC(c2nc(NC3CC(F)(F)C3)nc(N[C@@H](C)C(F)(F)F)n2)=C(F)C1([2H])O. The lowest BCUT2D eigenvalue weighted by Crippen LogP contribution is -2.44. The predicted molar refractivity (Wildman–Crippen MR) is 88.4 cm³/mol. The molecule has 1 fully saturated rings. The van der Waals surface area contributed by atoms with E-state index in [1.54, 1.807) is 0 Å². The van der Waals surface area contributed by atoms with Gasteiger partial charge in [0, 0.05) is 27.2 Å². The maximum atomic E-state index is 14.7. The second-order valence-electron chi connectivity index (χ2n) is 6.64. The molecule has 12 heteroatoms. The van der Waals surface area contributed by atoms with Crippen LogP contribution in [-0.4, -0.2) is 50.3 Å². The molecule has 1 saturated carbocycles. The monoisotopic (exact) mass is 414 g/mol. The third-order valence-corrected chi connectivity index (χ3v) is 4.31. The van der Waals surface area contributed by atoms with Crippen LogP contribution < -0.4 is 10.6 Å². The summed E-state index contributed by atoms with van der Waals surface area (Å²) in [6.45, 7) is 0.778. The molecule has 3 N–H and O–H groups in total. The minimum absolute atomic E-state index is 0.362. The summed E-state index contributed by atoms with van der Waals surface area (Å²) in [5, 5.41) is 14.5. The molecule has 6 nitrogen and oxygen atoms in total. The molecule has 0 radical (unpaired) electrons. The minimum atomic E-state index is -4.68. The quantitative estimate of drug-likeness (QED) is 0.638. The van der Waals surface area contributed by atoms with E-state index >= 15 is 0 Å². The second-order valence-corrected chi connectivity index (χ2v) is 6.64. The van der Waals surface area contributed by atoms with Crippen molar-refractivity contribution in [2.75, 3.05) is 10.6 Å². The van der Waals surface area contributed by atoms with Gasteiger partial charge in [-0.25, -0.2) is 13.2 Å². The molecule has 0 amide bonds. The molecule has 1 unspecified atom stereocenters. The first-order chi connectivity index (χ1) is 14.0. The minimum Gasteiger partial charge on any atom is -0.386 e. The van der Waals surface area contributed by atoms with Crippen molar-refractivity contribution in [2.45, 2.75) is 69.2 Å². The van der Waals surface area contributed by atoms with E-state index in [1.165, 1.54) is 0 Å². The van der Waals surface area contributed by atoms with Crippen LogP contribution in [-0.2, 0) is 0 Å². The van der Waals surface area contributed by atoms with Gasteiger partial charge in [0.05, 0.1) is 1.37 Å². The highest BCUT2D eigenvalue weighted by Gasteiger charge is 2.45. The fourth-order valence-corrected chi connectivity index (χ4v) is 2.71. The average molecular weight is 414 g/mol. The molecule has 1 aromatic heterocycles. The predicted octanol–water partition coefficient (Wildman–Crippen LogP) is 3.67. The number of aliphatic hydroxyl groups is 1. The van der Waals surface area contributed by atoms with E-state index in [1.807, 2.05) is 5.32 Å². The van der Waals surface area contributed by atoms with Crippen LogP contribution in [0.3, 0.4) is 0 Å². The van der Waals surface area contributed by atoms with Crippen LogP contribution in [0.25, 0.3) is 5.57 Å². The Morgan fingerprint density at radius 2 is 1.89 bits per heavy atom. The van der Waals surface area contributed by atoms with Gasteiger partial charge in [0.25, 0.3) is 5.92 Å². The van der Waals surface area contributed by atoms with Crippen molar-refractivity contribution < 1.29 is 35.6 Å². The summed E-state index contributed by atoms with van der Waals surface area (Å²) in [7, 11) is 0. The highest BCUT2D eigenvalue weighted by Crippen LogP contribution is 2.39. The number of hydrogen-bond donors (Lipinski definition) is 3. The molecule has 1 aromatic rings. The fourth-order valence-electron chi connectivity index (χ4n) is 2.71. The van der Waals surface area contributed by atoms with Gasteiger partial charge >= 0.3 is 6.18 Å². The Labute approximate surface area is 160 Å². The van der Waals surface area contributed by atoms with Crippen molar-refractivity contribution in [2.24, 2.45) is 0 Å². The third-order valence-electron chi connectivity index (χ3n) is 4.31. The maximum Gasteiger partial charge on any atom is 0.408 e. The molecule has 2 aliphatic rings. The topological polar surface area (TPSA) is 83.0 Å². The Morgan fingerprint density at radius 3 is 2.50 bits per heavy atom. The van der Waals surface area contributed by atoms with Gasteiger partial charge in [-0.3, -0.25) is 0 Å². The molecule has 0 bridgehead atoms. The largest absolute Gasteiger partial charge is 0.408 e. The number of anilines is 2. The van der Waals surface area contributed by atoms with Crippen molar-refractivity contribution in [3.63, 3.8) is 0 Å². The van der Waals surface area contributed by atoms with Gasteiger partial charge in [0.15, 0.2) is 5.82 Å². The molecule has 156 valence electrons. The summed E-state index contributed by atoms with van der Waals surface area (Å²) < 4.78 is 102. The van der Waals surface area contributed by atoms with Gasteiger partial charge in [-0.15, -0.1) is 0 Å². The van der Waals surface area contributed by atoms with E-state index in [9.17, 15) is 31.4 Å². The van der Waals surface area contributed by atoms with E-state index in [4.69, 9.17) is 4.11 Å². The van der Waals surface area contributed by atoms with E-state index in [0.717, 1.165) is 6.92 Å². The molecule has 3 rings (SSSR count). The van der Waals surface area contributed by atoms with Gasteiger partial charge in [-0.1, -0.05) is 0 Å². The molecule has 0 aromatic carbocycles. The number of rotatable bonds is 5. The summed E-state index contributed by atoms with van der Waals surface area (Å²) in [6.07, 6.45) is -12.5. The van der Waals surface area contributed by atoms with Gasteiger partial charge < -0.3 is 15.7 Å². The molecule has 2 atom stereocenters. The molecule has 0 saturated heterocycles. The lowest BCUT2D eigenvalue weighted by atomic mass is 9.88. The number of nitrogens with zero attached hydrogens (tertiary/aromatic N) is 3. The first kappa shape index (κ1) is 16.8. The van der Waals surface area contributed by atoms with Crippen molar-refractivity contribution >= 4 is 17.5 Å². The molecule has 0 aliphatic heterocycles. The molecule has 28 heavy (non-hydrogen) atoms. The zero-order chi connectivity index (χ0) is 23.4. The van der Waals surface area contributed by atoms with Crippen molar-refractivity contribution in [3.05, 3.63) is 11.7 Å². The van der Waals surface area contributed by atoms with E-state index in [-0.39, 0.29) is 6.42 Å². The zero-order valence-corrected chi connectivity index (χ0v) is 14.5. The number of halogens is 6. The van der Waals surface area contributed by atoms with E-state index < -0.39 is 85.0 Å². The maximum absolute atomic E-state index is 14.7. The summed E-state index contributed by atoms with van der Waals surface area (Å²) in [5.74, 6) is -6.06. The van der Waals surface area contributed by atoms with Gasteiger partial charge in [0.2, 0.25) is 11.9 Å². The van der Waals surface area contributed by atoms with Crippen LogP contribution in [0.15, 0.2) is 5.83 Å². The van der Waals surface area contributed by atoms with Crippen LogP contribution in [0.1, 0.15) is 48.9 Å². The summed E-state index contributed by atoms with van der Waals surface area (Å²) in [4.78, 5) is 11.3. The smallest absolute Gasteiger partial charge is 0.386 e. The van der Waals surface area contributed by atoms with Crippen LogP contribution in [0.4, 0.5) is 38.2 Å². The average Bonchev–Trinajstić information content (AvgIpc) is 2.57. The highest BCUT2D eigenvalue weighted by atomic mass is 19.4. The molecular formula is C16H19F6N5O. The Balaban J connectivity index is 1.99. The van der Waals surface area contributed by atoms with E-state index in [0.29, 0.717) is 0 Å². The van der Waals surface area contributed by atoms with Crippen molar-refractivity contribution in [1.82, 2.24) is 15.0 Å². The molecule has 1 heterocycles. The van der Waals surface area contributed by atoms with Gasteiger partial charge in [-0.05, 0) is 26.1 Å². The van der Waals surface area contributed by atoms with E-state index in [2.05, 4.69) is 20.3 Å². The summed E-state index contributed by atoms with van der Waals surface area (Å²) >= 11 is 0. The van der Waals surface area contributed by atoms with Crippen molar-refractivity contribution in [1.29, 1.82) is 0 Å². The highest BCUT2D eigenvalue weighted by molar-refractivity contribution is 5.65. The first-order valence-corrected chi connectivity index (χ1v) is 8.37. The van der Waals surface area contributed by atoms with Crippen molar-refractivity contribution in [3.8, 4) is 0 Å². The Bertz CT molecular complexity index is 887. The van der Waals surface area contributed by atoms with Crippen LogP contribution in [0.2, 0.25) is 0 Å². The molecule has 2 aliphatic carbocycles. The standard InChI is InChI=1S/C16H19F6N5O/c1-7(16(20,21)22)23-13-25-12(9-3-2-4-10(28)11(9)17)26-14(27-13)24-8-5-15(18,19)6-8/h7-8,10,28H,2-6H2,1H3,(H2,23,24,25,26,27)/t7-,10?/m0/s1/i4D2,10D. The first-order valence-electron chi connectivity index (χ1n) is 9.87. The Hall–Kier alpha value is -2.11. The lowest BCUT2D eigenvalue weighted by Gasteiger charge is -2.35. The summed E-state index contributed by atoms with van der Waals surface area (Å²) in [6, 6.07) is -2.89. The molecular weight excluding hydrogens is 392 g/mol. The zero-order valence-electron chi connectivity index (χ0n) is 17.5. The van der Waals surface area contributed by atoms with Crippen LogP contribution in [0, 0.1) is 0 Å². The summed E-state index contributed by atoms with van der Waals surface area (Å²) in [5.41, 5.74) is -0.486. The van der Waals surface area contributed by atoms with Gasteiger partial charge in [0.1, 0.15) is 17.9 Å². The van der Waals surface area contributed by atoms with Gasteiger partial charge in [-0.2, -0.15) is 28.1 Å². The molecule has 0 spiro atoms. The number of hydrogen-bond acceptors (Lipinski definition) is 6. The lowest BCUT2D eigenvalue weighted by molar-refractivity contribution is -0.138. The van der Waals surface area contributed by atoms with Crippen LogP contribution in [0.5, 0.6) is 0 Å². The third kappa shape index (κ3) is 4.65. The number of nitrogens with one attached hydrogen (secondary N) is 2.